The van der Waals surface area contributed by atoms with Crippen LogP contribution in [-0.2, 0) is 6.54 Å². The van der Waals surface area contributed by atoms with E-state index >= 15 is 0 Å². The molecule has 1 amide bonds. The van der Waals surface area contributed by atoms with Gasteiger partial charge in [-0.15, -0.1) is 22.7 Å². The van der Waals surface area contributed by atoms with Gasteiger partial charge in [-0.1, -0.05) is 12.1 Å². The maximum absolute atomic E-state index is 12.6. The van der Waals surface area contributed by atoms with Crippen LogP contribution in [0.3, 0.4) is 0 Å². The number of fused-ring (bicyclic) bond motifs is 1. The predicted molar refractivity (Wildman–Crippen MR) is 93.0 cm³/mol. The van der Waals surface area contributed by atoms with Crippen LogP contribution >= 0.6 is 22.7 Å². The van der Waals surface area contributed by atoms with Crippen molar-refractivity contribution >= 4 is 39.6 Å². The van der Waals surface area contributed by atoms with E-state index < -0.39 is 0 Å². The standard InChI is InChI=1S/C16H12N4O2S2/c1-20(8-10-4-5-11-12(7-10)19-22-18-11)16(21)13-9-24-15(17-13)14-3-2-6-23-14/h2-7,9H,8H2,1H3. The van der Waals surface area contributed by atoms with Crippen LogP contribution in [-0.4, -0.2) is 33.2 Å². The predicted octanol–water partition coefficient (Wildman–Crippen LogP) is 3.68. The first-order chi connectivity index (χ1) is 11.7. The number of thiazole rings is 1. The topological polar surface area (TPSA) is 72.1 Å². The number of hydrogen-bond acceptors (Lipinski definition) is 7. The van der Waals surface area contributed by atoms with Crippen molar-refractivity contribution in [2.45, 2.75) is 6.54 Å². The van der Waals surface area contributed by atoms with Gasteiger partial charge in [-0.25, -0.2) is 9.61 Å². The summed E-state index contributed by atoms with van der Waals surface area (Å²) in [6.45, 7) is 0.466. The highest BCUT2D eigenvalue weighted by atomic mass is 32.1. The monoisotopic (exact) mass is 356 g/mol. The van der Waals surface area contributed by atoms with Crippen molar-refractivity contribution in [1.29, 1.82) is 0 Å². The molecule has 3 aromatic heterocycles. The summed E-state index contributed by atoms with van der Waals surface area (Å²) in [5.41, 5.74) is 2.81. The SMILES string of the molecule is CN(Cc1ccc2nonc2c1)C(=O)c1csc(-c2cccs2)n1. The van der Waals surface area contributed by atoms with Crippen molar-refractivity contribution in [3.05, 3.63) is 52.3 Å². The quantitative estimate of drug-likeness (QED) is 0.558. The molecule has 1 aromatic carbocycles. The fourth-order valence-corrected chi connectivity index (χ4v) is 3.96. The largest absolute Gasteiger partial charge is 0.336 e. The molecule has 6 nitrogen and oxygen atoms in total. The van der Waals surface area contributed by atoms with Crippen molar-refractivity contribution in [1.82, 2.24) is 20.2 Å². The van der Waals surface area contributed by atoms with E-state index in [4.69, 9.17) is 4.63 Å². The molecule has 4 rings (SSSR count). The van der Waals surface area contributed by atoms with E-state index in [9.17, 15) is 4.79 Å². The van der Waals surface area contributed by atoms with Crippen molar-refractivity contribution in [2.75, 3.05) is 7.05 Å². The van der Waals surface area contributed by atoms with Gasteiger partial charge in [0.1, 0.15) is 21.7 Å². The van der Waals surface area contributed by atoms with E-state index in [0.29, 0.717) is 23.3 Å². The van der Waals surface area contributed by atoms with Crippen LogP contribution in [0.25, 0.3) is 20.9 Å². The number of rotatable bonds is 4. The van der Waals surface area contributed by atoms with E-state index in [1.54, 1.807) is 28.7 Å². The highest BCUT2D eigenvalue weighted by Gasteiger charge is 2.17. The number of thiophene rings is 1. The molecule has 0 saturated heterocycles. The van der Waals surface area contributed by atoms with E-state index in [1.807, 2.05) is 35.7 Å². The molecule has 0 N–H and O–H groups in total. The van der Waals surface area contributed by atoms with E-state index in [1.165, 1.54) is 11.3 Å². The summed E-state index contributed by atoms with van der Waals surface area (Å²) in [6, 6.07) is 9.59. The lowest BCUT2D eigenvalue weighted by molar-refractivity contribution is 0.0780. The third kappa shape index (κ3) is 2.81. The van der Waals surface area contributed by atoms with Crippen LogP contribution < -0.4 is 0 Å². The molecule has 0 aliphatic heterocycles. The van der Waals surface area contributed by atoms with Gasteiger partial charge < -0.3 is 4.90 Å². The average molecular weight is 356 g/mol. The minimum atomic E-state index is -0.104. The van der Waals surface area contributed by atoms with Gasteiger partial charge in [-0.05, 0) is 39.5 Å². The molecule has 0 unspecified atom stereocenters. The molecule has 0 atom stereocenters. The Balaban J connectivity index is 1.51. The summed E-state index contributed by atoms with van der Waals surface area (Å²) < 4.78 is 4.69. The Morgan fingerprint density at radius 2 is 2.08 bits per heavy atom. The molecule has 0 saturated carbocycles. The Morgan fingerprint density at radius 1 is 1.21 bits per heavy atom. The van der Waals surface area contributed by atoms with Crippen LogP contribution in [0.2, 0.25) is 0 Å². The first-order valence-electron chi connectivity index (χ1n) is 7.17. The van der Waals surface area contributed by atoms with Gasteiger partial charge in [0, 0.05) is 19.0 Å². The highest BCUT2D eigenvalue weighted by Crippen LogP contribution is 2.28. The number of carbonyl (C=O) groups excluding carboxylic acids is 1. The van der Waals surface area contributed by atoms with Gasteiger partial charge in [0.25, 0.3) is 5.91 Å². The lowest BCUT2D eigenvalue weighted by atomic mass is 10.2. The minimum absolute atomic E-state index is 0.104. The number of aromatic nitrogens is 3. The molecule has 24 heavy (non-hydrogen) atoms. The molecule has 0 bridgehead atoms. The number of nitrogens with zero attached hydrogens (tertiary/aromatic N) is 4. The second kappa shape index (κ2) is 6.14. The van der Waals surface area contributed by atoms with Crippen LogP contribution in [0.15, 0.2) is 45.7 Å². The summed E-state index contributed by atoms with van der Waals surface area (Å²) in [4.78, 5) is 19.7. The second-order valence-electron chi connectivity index (χ2n) is 5.26. The van der Waals surface area contributed by atoms with E-state index in [-0.39, 0.29) is 5.91 Å². The van der Waals surface area contributed by atoms with Crippen LogP contribution in [0.4, 0.5) is 0 Å². The molecule has 0 fully saturated rings. The first kappa shape index (κ1) is 15.0. The summed E-state index contributed by atoms with van der Waals surface area (Å²) in [5, 5.41) is 12.3. The third-order valence-corrected chi connectivity index (χ3v) is 5.42. The molecule has 0 aliphatic carbocycles. The Kier molecular flexibility index (Phi) is 3.83. The van der Waals surface area contributed by atoms with Gasteiger partial charge in [0.05, 0.1) is 4.88 Å². The minimum Gasteiger partial charge on any atom is -0.336 e. The van der Waals surface area contributed by atoms with Gasteiger partial charge in [0.15, 0.2) is 0 Å². The first-order valence-corrected chi connectivity index (χ1v) is 8.93. The summed E-state index contributed by atoms with van der Waals surface area (Å²) in [7, 11) is 1.76. The normalized spacial score (nSPS) is 11.0. The molecule has 0 spiro atoms. The zero-order valence-electron chi connectivity index (χ0n) is 12.7. The number of amides is 1. The fraction of sp³-hybridized carbons (Fsp3) is 0.125. The van der Waals surface area contributed by atoms with Crippen LogP contribution in [0.1, 0.15) is 16.1 Å². The summed E-state index contributed by atoms with van der Waals surface area (Å²) in [5.74, 6) is -0.104. The molecular formula is C16H12N4O2S2. The lowest BCUT2D eigenvalue weighted by Gasteiger charge is -2.15. The maximum atomic E-state index is 12.6. The van der Waals surface area contributed by atoms with Crippen molar-refractivity contribution < 1.29 is 9.42 Å². The lowest BCUT2D eigenvalue weighted by Crippen LogP contribution is -2.26. The van der Waals surface area contributed by atoms with Gasteiger partial charge in [-0.3, -0.25) is 4.79 Å². The molecule has 0 aliphatic rings. The Morgan fingerprint density at radius 3 is 2.92 bits per heavy atom. The Hall–Kier alpha value is -2.58. The maximum Gasteiger partial charge on any atom is 0.273 e. The Labute approximate surface area is 145 Å². The molecule has 3 heterocycles. The third-order valence-electron chi connectivity index (χ3n) is 3.54. The molecular weight excluding hydrogens is 344 g/mol. The number of hydrogen-bond donors (Lipinski definition) is 0. The van der Waals surface area contributed by atoms with Crippen molar-refractivity contribution in [3.63, 3.8) is 0 Å². The van der Waals surface area contributed by atoms with Gasteiger partial charge in [-0.2, -0.15) is 0 Å². The van der Waals surface area contributed by atoms with E-state index in [2.05, 4.69) is 15.3 Å². The molecule has 120 valence electrons. The van der Waals surface area contributed by atoms with Crippen molar-refractivity contribution in [2.24, 2.45) is 0 Å². The van der Waals surface area contributed by atoms with Crippen LogP contribution in [0.5, 0.6) is 0 Å². The van der Waals surface area contributed by atoms with Crippen LogP contribution in [0, 0.1) is 0 Å². The number of carbonyl (C=O) groups is 1. The number of benzene rings is 1. The average Bonchev–Trinajstić information content (AvgIpc) is 3.32. The highest BCUT2D eigenvalue weighted by molar-refractivity contribution is 7.20. The summed E-state index contributed by atoms with van der Waals surface area (Å²) in [6.07, 6.45) is 0. The molecule has 0 radical (unpaired) electrons. The zero-order valence-corrected chi connectivity index (χ0v) is 14.3. The van der Waals surface area contributed by atoms with Gasteiger partial charge in [0.2, 0.25) is 0 Å². The fourth-order valence-electron chi connectivity index (χ4n) is 2.35. The van der Waals surface area contributed by atoms with Crippen molar-refractivity contribution in [3.8, 4) is 9.88 Å². The Bertz CT molecular complexity index is 991. The van der Waals surface area contributed by atoms with E-state index in [0.717, 1.165) is 15.4 Å². The zero-order chi connectivity index (χ0) is 16.5. The second-order valence-corrected chi connectivity index (χ2v) is 7.07. The molecule has 4 aromatic rings. The summed E-state index contributed by atoms with van der Waals surface area (Å²) >= 11 is 3.10. The van der Waals surface area contributed by atoms with Gasteiger partial charge >= 0.3 is 0 Å². The molecule has 8 heteroatoms. The smallest absolute Gasteiger partial charge is 0.273 e.